The molecule has 0 spiro atoms. The molecule has 102 valence electrons. The number of hydrogen-bond acceptors (Lipinski definition) is 3. The third-order valence-electron chi connectivity index (χ3n) is 3.88. The Kier molecular flexibility index (Phi) is 3.03. The molecular formula is C16H15NO3. The molecule has 2 N–H and O–H groups in total. The van der Waals surface area contributed by atoms with Crippen molar-refractivity contribution in [3.05, 3.63) is 60.2 Å². The van der Waals surface area contributed by atoms with Gasteiger partial charge < -0.3 is 10.2 Å². The number of benzene rings is 1. The highest BCUT2D eigenvalue weighted by Crippen LogP contribution is 2.40. The molecule has 1 aromatic rings. The Morgan fingerprint density at radius 2 is 2.00 bits per heavy atom. The second-order valence-corrected chi connectivity index (χ2v) is 5.14. The van der Waals surface area contributed by atoms with Gasteiger partial charge in [0, 0.05) is 12.1 Å². The van der Waals surface area contributed by atoms with Gasteiger partial charge in [-0.2, -0.15) is 0 Å². The maximum absolute atomic E-state index is 11.5. The first kappa shape index (κ1) is 12.8. The first-order valence-corrected chi connectivity index (χ1v) is 6.54. The van der Waals surface area contributed by atoms with Gasteiger partial charge in [0.2, 0.25) is 0 Å². The number of aliphatic carboxylic acids is 1. The lowest BCUT2D eigenvalue weighted by molar-refractivity contribution is -0.162. The fourth-order valence-electron chi connectivity index (χ4n) is 2.79. The van der Waals surface area contributed by atoms with Crippen molar-refractivity contribution in [2.24, 2.45) is 10.9 Å². The van der Waals surface area contributed by atoms with Crippen molar-refractivity contribution in [1.29, 1.82) is 0 Å². The third kappa shape index (κ3) is 1.98. The van der Waals surface area contributed by atoms with Gasteiger partial charge in [-0.25, -0.2) is 4.79 Å². The zero-order valence-corrected chi connectivity index (χ0v) is 10.8. The Balaban J connectivity index is 2.06. The highest BCUT2D eigenvalue weighted by molar-refractivity contribution is 6.04. The third-order valence-corrected chi connectivity index (χ3v) is 3.88. The van der Waals surface area contributed by atoms with Crippen LogP contribution in [-0.2, 0) is 4.79 Å². The first-order valence-electron chi connectivity index (χ1n) is 6.54. The van der Waals surface area contributed by atoms with Gasteiger partial charge in [0.25, 0.3) is 0 Å². The van der Waals surface area contributed by atoms with Gasteiger partial charge in [-0.1, -0.05) is 48.6 Å². The van der Waals surface area contributed by atoms with Crippen LogP contribution in [0.25, 0.3) is 0 Å². The molecular weight excluding hydrogens is 254 g/mol. The summed E-state index contributed by atoms with van der Waals surface area (Å²) < 4.78 is 0. The van der Waals surface area contributed by atoms with Gasteiger partial charge in [-0.3, -0.25) is 4.99 Å². The smallest absolute Gasteiger partial charge is 0.336 e. The number of allylic oxidation sites excluding steroid dienone is 3. The number of carboxylic acid groups (broad SMARTS) is 1. The molecule has 0 saturated carbocycles. The summed E-state index contributed by atoms with van der Waals surface area (Å²) in [5.41, 5.74) is -0.266. The van der Waals surface area contributed by atoms with Crippen LogP contribution < -0.4 is 0 Å². The summed E-state index contributed by atoms with van der Waals surface area (Å²) in [5, 5.41) is 20.0. The summed E-state index contributed by atoms with van der Waals surface area (Å²) in [6.07, 6.45) is 7.12. The van der Waals surface area contributed by atoms with Crippen molar-refractivity contribution < 1.29 is 15.0 Å². The summed E-state index contributed by atoms with van der Waals surface area (Å²) in [4.78, 5) is 16.2. The monoisotopic (exact) mass is 269 g/mol. The number of carbonyl (C=O) groups is 1. The number of aliphatic imine (C=N–C) groups is 1. The summed E-state index contributed by atoms with van der Waals surface area (Å²) in [5.74, 6) is -1.78. The van der Waals surface area contributed by atoms with E-state index in [9.17, 15) is 15.0 Å². The molecule has 3 rings (SSSR count). The van der Waals surface area contributed by atoms with Crippen LogP contribution in [0.3, 0.4) is 0 Å². The van der Waals surface area contributed by atoms with Crippen LogP contribution >= 0.6 is 0 Å². The maximum atomic E-state index is 11.5. The normalized spacial score (nSPS) is 31.6. The van der Waals surface area contributed by atoms with Crippen LogP contribution in [0.4, 0.5) is 0 Å². The van der Waals surface area contributed by atoms with Gasteiger partial charge in [0.1, 0.15) is 0 Å². The SMILES string of the molecule is O=C(O)C1(O)CC(c2ccccc2)N=C2C=CC=CC21. The molecule has 3 atom stereocenters. The van der Waals surface area contributed by atoms with Gasteiger partial charge in [-0.05, 0) is 11.6 Å². The van der Waals surface area contributed by atoms with E-state index in [0.717, 1.165) is 5.56 Å². The molecule has 1 aromatic carbocycles. The van der Waals surface area contributed by atoms with E-state index in [4.69, 9.17) is 0 Å². The topological polar surface area (TPSA) is 69.9 Å². The average Bonchev–Trinajstić information content (AvgIpc) is 2.48. The van der Waals surface area contributed by atoms with Crippen molar-refractivity contribution in [3.8, 4) is 0 Å². The zero-order valence-electron chi connectivity index (χ0n) is 10.8. The van der Waals surface area contributed by atoms with Gasteiger partial charge in [-0.15, -0.1) is 0 Å². The van der Waals surface area contributed by atoms with Crippen molar-refractivity contribution in [3.63, 3.8) is 0 Å². The predicted molar refractivity (Wildman–Crippen MR) is 75.6 cm³/mol. The van der Waals surface area contributed by atoms with E-state index in [1.807, 2.05) is 36.4 Å². The van der Waals surface area contributed by atoms with Gasteiger partial charge in [0.05, 0.1) is 12.0 Å². The Bertz CT molecular complexity index is 618. The van der Waals surface area contributed by atoms with E-state index in [1.54, 1.807) is 18.2 Å². The molecule has 20 heavy (non-hydrogen) atoms. The zero-order chi connectivity index (χ0) is 14.2. The summed E-state index contributed by atoms with van der Waals surface area (Å²) in [7, 11) is 0. The van der Waals surface area contributed by atoms with Crippen LogP contribution in [0, 0.1) is 5.92 Å². The maximum Gasteiger partial charge on any atom is 0.336 e. The minimum absolute atomic E-state index is 0.0820. The summed E-state index contributed by atoms with van der Waals surface area (Å²) in [6.45, 7) is 0. The average molecular weight is 269 g/mol. The predicted octanol–water partition coefficient (Wildman–Crippen LogP) is 2.13. The Labute approximate surface area is 116 Å². The summed E-state index contributed by atoms with van der Waals surface area (Å²) in [6, 6.07) is 9.14. The lowest BCUT2D eigenvalue weighted by Gasteiger charge is -2.38. The van der Waals surface area contributed by atoms with E-state index in [-0.39, 0.29) is 12.5 Å². The molecule has 4 nitrogen and oxygen atoms in total. The van der Waals surface area contributed by atoms with Crippen molar-refractivity contribution in [2.45, 2.75) is 18.1 Å². The molecule has 1 aliphatic carbocycles. The highest BCUT2D eigenvalue weighted by atomic mass is 16.4. The number of nitrogens with zero attached hydrogens (tertiary/aromatic N) is 1. The largest absolute Gasteiger partial charge is 0.479 e. The minimum Gasteiger partial charge on any atom is -0.479 e. The Hall–Kier alpha value is -2.20. The Morgan fingerprint density at radius 1 is 1.25 bits per heavy atom. The van der Waals surface area contributed by atoms with E-state index in [0.29, 0.717) is 5.71 Å². The van der Waals surface area contributed by atoms with Gasteiger partial charge >= 0.3 is 5.97 Å². The standard InChI is InChI=1S/C16H15NO3/c18-15(19)16(20)10-14(11-6-2-1-3-7-11)17-13-9-5-4-8-12(13)16/h1-9,12,14,20H,10H2,(H,18,19). The lowest BCUT2D eigenvalue weighted by Crippen LogP contribution is -2.51. The number of fused-ring (bicyclic) bond motifs is 1. The molecule has 0 bridgehead atoms. The number of carboxylic acids is 1. The number of hydrogen-bond donors (Lipinski definition) is 2. The molecule has 4 heteroatoms. The van der Waals surface area contributed by atoms with E-state index >= 15 is 0 Å². The highest BCUT2D eigenvalue weighted by Gasteiger charge is 2.49. The molecule has 0 saturated heterocycles. The van der Waals surface area contributed by atoms with Crippen molar-refractivity contribution >= 4 is 11.7 Å². The van der Waals surface area contributed by atoms with E-state index < -0.39 is 17.5 Å². The fourth-order valence-corrected chi connectivity index (χ4v) is 2.79. The summed E-state index contributed by atoms with van der Waals surface area (Å²) >= 11 is 0. The molecule has 2 aliphatic rings. The molecule has 1 heterocycles. The molecule has 0 amide bonds. The molecule has 1 aliphatic heterocycles. The molecule has 0 fully saturated rings. The second kappa shape index (κ2) is 4.72. The lowest BCUT2D eigenvalue weighted by atomic mass is 9.74. The first-order chi connectivity index (χ1) is 9.61. The van der Waals surface area contributed by atoms with Crippen LogP contribution in [0.15, 0.2) is 59.6 Å². The van der Waals surface area contributed by atoms with E-state index in [1.165, 1.54) is 0 Å². The van der Waals surface area contributed by atoms with Crippen molar-refractivity contribution in [1.82, 2.24) is 0 Å². The van der Waals surface area contributed by atoms with Gasteiger partial charge in [0.15, 0.2) is 5.60 Å². The quantitative estimate of drug-likeness (QED) is 0.864. The fraction of sp³-hybridized carbons (Fsp3) is 0.250. The molecule has 0 radical (unpaired) electrons. The minimum atomic E-state index is -1.81. The van der Waals surface area contributed by atoms with Crippen LogP contribution in [-0.4, -0.2) is 27.5 Å². The molecule has 0 aromatic heterocycles. The second-order valence-electron chi connectivity index (χ2n) is 5.14. The van der Waals surface area contributed by atoms with Crippen molar-refractivity contribution in [2.75, 3.05) is 0 Å². The van der Waals surface area contributed by atoms with E-state index in [2.05, 4.69) is 4.99 Å². The Morgan fingerprint density at radius 3 is 2.70 bits per heavy atom. The van der Waals surface area contributed by atoms with Crippen LogP contribution in [0.1, 0.15) is 18.0 Å². The van der Waals surface area contributed by atoms with Crippen LogP contribution in [0.2, 0.25) is 0 Å². The number of rotatable bonds is 2. The van der Waals surface area contributed by atoms with Crippen LogP contribution in [0.5, 0.6) is 0 Å². The molecule has 3 unspecified atom stereocenters. The number of aliphatic hydroxyl groups is 1.